The molecule has 7 nitrogen and oxygen atoms in total. The lowest BCUT2D eigenvalue weighted by molar-refractivity contribution is 0.0691. The molecule has 0 aliphatic carbocycles. The van der Waals surface area contributed by atoms with E-state index in [2.05, 4.69) is 27.1 Å². The number of likely N-dealkylation sites (N-methyl/N-ethyl adjacent to an activating group) is 1. The number of urea groups is 1. The topological polar surface area (TPSA) is 73.5 Å². The van der Waals surface area contributed by atoms with E-state index in [0.29, 0.717) is 6.54 Å². The van der Waals surface area contributed by atoms with Gasteiger partial charge in [0.25, 0.3) is 0 Å². The van der Waals surface area contributed by atoms with Crippen molar-refractivity contribution in [2.24, 2.45) is 0 Å². The SMILES string of the molecule is CCN1CCN(C(=O)NC2CCOCC2)C[C@H]1c1ncc[nH]1. The van der Waals surface area contributed by atoms with Crippen molar-refractivity contribution in [2.45, 2.75) is 31.8 Å². The van der Waals surface area contributed by atoms with Crippen LogP contribution in [0.5, 0.6) is 0 Å². The maximum atomic E-state index is 12.5. The second kappa shape index (κ2) is 7.11. The maximum absolute atomic E-state index is 12.5. The molecule has 0 aromatic carbocycles. The van der Waals surface area contributed by atoms with Crippen molar-refractivity contribution in [3.05, 3.63) is 18.2 Å². The second-order valence-electron chi connectivity index (χ2n) is 5.90. The number of carbonyl (C=O) groups is 1. The number of nitrogens with one attached hydrogen (secondary N) is 2. The van der Waals surface area contributed by atoms with Gasteiger partial charge in [0.05, 0.1) is 6.04 Å². The molecule has 7 heteroatoms. The number of hydrogen-bond donors (Lipinski definition) is 2. The Kier molecular flexibility index (Phi) is 4.94. The fraction of sp³-hybridized carbons (Fsp3) is 0.733. The molecule has 0 radical (unpaired) electrons. The van der Waals surface area contributed by atoms with Gasteiger partial charge in [0.15, 0.2) is 0 Å². The van der Waals surface area contributed by atoms with E-state index >= 15 is 0 Å². The van der Waals surface area contributed by atoms with Crippen LogP contribution < -0.4 is 5.32 Å². The Bertz CT molecular complexity index is 472. The van der Waals surface area contributed by atoms with Crippen molar-refractivity contribution in [1.82, 2.24) is 25.1 Å². The Morgan fingerprint density at radius 2 is 2.27 bits per heavy atom. The van der Waals surface area contributed by atoms with Crippen molar-refractivity contribution in [3.8, 4) is 0 Å². The molecule has 3 heterocycles. The van der Waals surface area contributed by atoms with Gasteiger partial charge in [-0.15, -0.1) is 0 Å². The summed E-state index contributed by atoms with van der Waals surface area (Å²) in [6.45, 7) is 6.90. The number of imidazole rings is 1. The van der Waals surface area contributed by atoms with Crippen molar-refractivity contribution >= 4 is 6.03 Å². The van der Waals surface area contributed by atoms with Gasteiger partial charge in [-0.3, -0.25) is 4.90 Å². The average Bonchev–Trinajstić information content (AvgIpc) is 3.09. The average molecular weight is 307 g/mol. The second-order valence-corrected chi connectivity index (χ2v) is 5.90. The molecule has 1 atom stereocenters. The molecule has 22 heavy (non-hydrogen) atoms. The van der Waals surface area contributed by atoms with Gasteiger partial charge in [-0.05, 0) is 19.4 Å². The van der Waals surface area contributed by atoms with E-state index in [-0.39, 0.29) is 18.1 Å². The molecule has 2 amide bonds. The monoisotopic (exact) mass is 307 g/mol. The van der Waals surface area contributed by atoms with E-state index in [1.807, 2.05) is 11.1 Å². The lowest BCUT2D eigenvalue weighted by Crippen LogP contribution is -2.55. The zero-order valence-electron chi connectivity index (χ0n) is 13.1. The predicted octanol–water partition coefficient (Wildman–Crippen LogP) is 0.977. The first-order valence-corrected chi connectivity index (χ1v) is 8.14. The zero-order chi connectivity index (χ0) is 15.4. The summed E-state index contributed by atoms with van der Waals surface area (Å²) in [7, 11) is 0. The van der Waals surface area contributed by atoms with Crippen LogP contribution in [0.4, 0.5) is 4.79 Å². The number of piperazine rings is 1. The van der Waals surface area contributed by atoms with Gasteiger partial charge in [-0.25, -0.2) is 9.78 Å². The van der Waals surface area contributed by atoms with Crippen molar-refractivity contribution in [1.29, 1.82) is 0 Å². The molecule has 122 valence electrons. The number of aromatic amines is 1. The normalized spacial score (nSPS) is 24.4. The highest BCUT2D eigenvalue weighted by Crippen LogP contribution is 2.22. The first-order valence-electron chi connectivity index (χ1n) is 8.14. The summed E-state index contributed by atoms with van der Waals surface area (Å²) in [6.07, 6.45) is 5.42. The smallest absolute Gasteiger partial charge is 0.317 e. The Morgan fingerprint density at radius 1 is 1.45 bits per heavy atom. The van der Waals surface area contributed by atoms with Gasteiger partial charge in [0.1, 0.15) is 5.82 Å². The van der Waals surface area contributed by atoms with Crippen LogP contribution in [0.25, 0.3) is 0 Å². The van der Waals surface area contributed by atoms with Crippen LogP contribution in [0, 0.1) is 0 Å². The Hall–Kier alpha value is -1.60. The highest BCUT2D eigenvalue weighted by Gasteiger charge is 2.32. The molecule has 3 rings (SSSR count). The third kappa shape index (κ3) is 3.41. The van der Waals surface area contributed by atoms with E-state index < -0.39 is 0 Å². The van der Waals surface area contributed by atoms with Crippen molar-refractivity contribution in [3.63, 3.8) is 0 Å². The highest BCUT2D eigenvalue weighted by molar-refractivity contribution is 5.74. The van der Waals surface area contributed by atoms with E-state index in [1.165, 1.54) is 0 Å². The molecule has 1 aromatic rings. The number of ether oxygens (including phenoxy) is 1. The number of nitrogens with zero attached hydrogens (tertiary/aromatic N) is 3. The fourth-order valence-corrected chi connectivity index (χ4v) is 3.21. The molecule has 2 aliphatic heterocycles. The predicted molar refractivity (Wildman–Crippen MR) is 82.5 cm³/mol. The molecule has 0 unspecified atom stereocenters. The summed E-state index contributed by atoms with van der Waals surface area (Å²) in [5, 5.41) is 3.15. The van der Waals surface area contributed by atoms with Crippen LogP contribution in [0.1, 0.15) is 31.6 Å². The summed E-state index contributed by atoms with van der Waals surface area (Å²) in [4.78, 5) is 24.3. The van der Waals surface area contributed by atoms with Crippen LogP contribution >= 0.6 is 0 Å². The molecular weight excluding hydrogens is 282 g/mol. The zero-order valence-corrected chi connectivity index (χ0v) is 13.1. The van der Waals surface area contributed by atoms with E-state index in [9.17, 15) is 4.79 Å². The number of rotatable bonds is 3. The van der Waals surface area contributed by atoms with Gasteiger partial charge in [0, 0.05) is 51.3 Å². The Balaban J connectivity index is 1.61. The molecule has 0 saturated carbocycles. The molecule has 2 aliphatic rings. The number of H-pyrrole nitrogens is 1. The molecule has 2 N–H and O–H groups in total. The third-order valence-electron chi connectivity index (χ3n) is 4.57. The summed E-state index contributed by atoms with van der Waals surface area (Å²) in [6, 6.07) is 0.431. The third-order valence-corrected chi connectivity index (χ3v) is 4.57. The number of carbonyl (C=O) groups excluding carboxylic acids is 1. The van der Waals surface area contributed by atoms with Crippen LogP contribution in [-0.4, -0.2) is 71.2 Å². The first-order chi connectivity index (χ1) is 10.8. The minimum atomic E-state index is 0.0409. The van der Waals surface area contributed by atoms with E-state index in [1.54, 1.807) is 6.20 Å². The number of hydrogen-bond acceptors (Lipinski definition) is 4. The quantitative estimate of drug-likeness (QED) is 0.873. The number of amides is 2. The molecule has 1 aromatic heterocycles. The maximum Gasteiger partial charge on any atom is 0.317 e. The van der Waals surface area contributed by atoms with Crippen LogP contribution in [-0.2, 0) is 4.74 Å². The van der Waals surface area contributed by atoms with E-state index in [4.69, 9.17) is 4.74 Å². The molecule has 0 spiro atoms. The van der Waals surface area contributed by atoms with Gasteiger partial charge in [-0.1, -0.05) is 6.92 Å². The molecular formula is C15H25N5O2. The van der Waals surface area contributed by atoms with Crippen LogP contribution in [0.3, 0.4) is 0 Å². The lowest BCUT2D eigenvalue weighted by Gasteiger charge is -2.40. The lowest BCUT2D eigenvalue weighted by atomic mass is 10.1. The summed E-state index contributed by atoms with van der Waals surface area (Å²) in [5.74, 6) is 0.936. The van der Waals surface area contributed by atoms with Crippen LogP contribution in [0.15, 0.2) is 12.4 Å². The molecule has 2 fully saturated rings. The van der Waals surface area contributed by atoms with Crippen molar-refractivity contribution in [2.75, 3.05) is 39.4 Å². The first kappa shape index (κ1) is 15.3. The summed E-state index contributed by atoms with van der Waals surface area (Å²) < 4.78 is 5.34. The van der Waals surface area contributed by atoms with Gasteiger partial charge >= 0.3 is 6.03 Å². The Morgan fingerprint density at radius 3 is 2.95 bits per heavy atom. The van der Waals surface area contributed by atoms with Gasteiger partial charge in [0.2, 0.25) is 0 Å². The highest BCUT2D eigenvalue weighted by atomic mass is 16.5. The fourth-order valence-electron chi connectivity index (χ4n) is 3.21. The largest absolute Gasteiger partial charge is 0.381 e. The van der Waals surface area contributed by atoms with Crippen molar-refractivity contribution < 1.29 is 9.53 Å². The summed E-state index contributed by atoms with van der Waals surface area (Å²) >= 11 is 0. The van der Waals surface area contributed by atoms with Gasteiger partial charge in [-0.2, -0.15) is 0 Å². The minimum Gasteiger partial charge on any atom is -0.381 e. The van der Waals surface area contributed by atoms with E-state index in [0.717, 1.165) is 51.5 Å². The molecule has 0 bridgehead atoms. The van der Waals surface area contributed by atoms with Crippen LogP contribution in [0.2, 0.25) is 0 Å². The Labute approximate surface area is 131 Å². The minimum absolute atomic E-state index is 0.0409. The standard InChI is InChI=1S/C15H25N5O2/c1-2-19-7-8-20(11-13(19)14-16-5-6-17-14)15(21)18-12-3-9-22-10-4-12/h5-6,12-13H,2-4,7-11H2,1H3,(H,16,17)(H,18,21)/t13-/m0/s1. The summed E-state index contributed by atoms with van der Waals surface area (Å²) in [5.41, 5.74) is 0. The number of aromatic nitrogens is 2. The molecule has 2 saturated heterocycles. The van der Waals surface area contributed by atoms with Gasteiger partial charge < -0.3 is 19.9 Å².